The normalized spacial score (nSPS) is 31.0. The third kappa shape index (κ3) is 1.81. The van der Waals surface area contributed by atoms with Crippen molar-refractivity contribution in [2.75, 3.05) is 0 Å². The predicted octanol–water partition coefficient (Wildman–Crippen LogP) is 0.630. The second kappa shape index (κ2) is 2.95. The van der Waals surface area contributed by atoms with Gasteiger partial charge in [-0.3, -0.25) is 0 Å². The fourth-order valence-corrected chi connectivity index (χ4v) is 2.70. The monoisotopic (exact) mass is 175 g/mol. The van der Waals surface area contributed by atoms with Crippen LogP contribution in [0.25, 0.3) is 0 Å². The van der Waals surface area contributed by atoms with Gasteiger partial charge in [0.15, 0.2) is 0 Å². The smallest absolute Gasteiger partial charge is 0.212 e. The number of hydrogen-bond acceptors (Lipinski definition) is 2. The molecular weight excluding hydrogens is 162 g/mol. The van der Waals surface area contributed by atoms with E-state index in [0.29, 0.717) is 0 Å². The van der Waals surface area contributed by atoms with Crippen molar-refractivity contribution in [3.63, 3.8) is 0 Å². The summed E-state index contributed by atoms with van der Waals surface area (Å²) >= 11 is 0. The zero-order valence-electron chi connectivity index (χ0n) is 6.36. The van der Waals surface area contributed by atoms with E-state index in [9.17, 15) is 8.42 Å². The molecule has 0 aliphatic heterocycles. The Balaban J connectivity index is 2.57. The Hall–Kier alpha value is -0.350. The first-order valence-electron chi connectivity index (χ1n) is 3.68. The molecule has 11 heavy (non-hydrogen) atoms. The lowest BCUT2D eigenvalue weighted by atomic mass is 9.82. The molecule has 0 spiro atoms. The first kappa shape index (κ1) is 8.74. The van der Waals surface area contributed by atoms with Crippen LogP contribution in [-0.2, 0) is 10.0 Å². The lowest BCUT2D eigenvalue weighted by molar-refractivity contribution is 0.319. The predicted molar refractivity (Wildman–Crippen MR) is 44.4 cm³/mol. The molecule has 2 N–H and O–H groups in total. The Bertz CT molecular complexity index is 245. The van der Waals surface area contributed by atoms with Gasteiger partial charge in [0.2, 0.25) is 10.0 Å². The van der Waals surface area contributed by atoms with Crippen molar-refractivity contribution in [3.8, 4) is 0 Å². The minimum absolute atomic E-state index is 0.225. The highest BCUT2D eigenvalue weighted by molar-refractivity contribution is 7.89. The average molecular weight is 175 g/mol. The Labute approximate surface area is 67.3 Å². The van der Waals surface area contributed by atoms with Gasteiger partial charge in [0.05, 0.1) is 5.25 Å². The van der Waals surface area contributed by atoms with E-state index in [0.717, 1.165) is 19.3 Å². The average Bonchev–Trinajstić information content (AvgIpc) is 1.75. The summed E-state index contributed by atoms with van der Waals surface area (Å²) in [5.41, 5.74) is 0. The number of sulfonamides is 1. The maximum atomic E-state index is 10.8. The van der Waals surface area contributed by atoms with Gasteiger partial charge < -0.3 is 0 Å². The minimum atomic E-state index is -3.29. The Morgan fingerprint density at radius 2 is 2.18 bits per heavy atom. The fraction of sp³-hybridized carbons (Fsp3) is 0.714. The maximum absolute atomic E-state index is 10.8. The van der Waals surface area contributed by atoms with Gasteiger partial charge in [-0.15, -0.1) is 6.58 Å². The van der Waals surface area contributed by atoms with Gasteiger partial charge in [-0.1, -0.05) is 6.08 Å². The zero-order valence-corrected chi connectivity index (χ0v) is 7.18. The first-order valence-corrected chi connectivity index (χ1v) is 5.29. The zero-order chi connectivity index (χ0) is 8.48. The van der Waals surface area contributed by atoms with Crippen molar-refractivity contribution in [1.29, 1.82) is 0 Å². The molecule has 0 aromatic carbocycles. The molecule has 0 bridgehead atoms. The third-order valence-corrected chi connectivity index (χ3v) is 3.70. The van der Waals surface area contributed by atoms with Crippen LogP contribution in [0, 0.1) is 5.92 Å². The maximum Gasteiger partial charge on any atom is 0.212 e. The molecule has 0 radical (unpaired) electrons. The van der Waals surface area contributed by atoms with E-state index in [1.807, 2.05) is 0 Å². The molecule has 0 amide bonds. The molecule has 0 unspecified atom stereocenters. The second-order valence-corrected chi connectivity index (χ2v) is 4.77. The summed E-state index contributed by atoms with van der Waals surface area (Å²) in [6, 6.07) is 0. The summed E-state index contributed by atoms with van der Waals surface area (Å²) in [4.78, 5) is 0. The van der Waals surface area contributed by atoms with Crippen molar-refractivity contribution in [3.05, 3.63) is 12.7 Å². The summed E-state index contributed by atoms with van der Waals surface area (Å²) in [6.45, 7) is 3.56. The van der Waals surface area contributed by atoms with Gasteiger partial charge in [-0.25, -0.2) is 13.6 Å². The molecule has 3 nitrogen and oxygen atoms in total. The van der Waals surface area contributed by atoms with Crippen LogP contribution >= 0.6 is 0 Å². The van der Waals surface area contributed by atoms with Crippen molar-refractivity contribution in [2.45, 2.75) is 24.5 Å². The van der Waals surface area contributed by atoms with Crippen molar-refractivity contribution < 1.29 is 8.42 Å². The van der Waals surface area contributed by atoms with Crippen molar-refractivity contribution in [2.24, 2.45) is 11.1 Å². The fourth-order valence-electron chi connectivity index (χ4n) is 1.45. The van der Waals surface area contributed by atoms with Gasteiger partial charge in [-0.05, 0) is 25.2 Å². The lowest BCUT2D eigenvalue weighted by Crippen LogP contribution is -2.42. The van der Waals surface area contributed by atoms with Crippen LogP contribution in [0.3, 0.4) is 0 Å². The summed E-state index contributed by atoms with van der Waals surface area (Å²) in [7, 11) is -3.29. The van der Waals surface area contributed by atoms with Crippen LogP contribution in [-0.4, -0.2) is 13.7 Å². The van der Waals surface area contributed by atoms with Crippen LogP contribution in [0.2, 0.25) is 0 Å². The third-order valence-electron chi connectivity index (χ3n) is 2.24. The summed E-state index contributed by atoms with van der Waals surface area (Å²) in [5.74, 6) is 0.225. The Kier molecular flexibility index (Phi) is 2.34. The number of nitrogens with two attached hydrogens (primary N) is 1. The molecule has 1 fully saturated rings. The molecule has 2 atom stereocenters. The second-order valence-electron chi connectivity index (χ2n) is 2.99. The SMILES string of the molecule is C=CC[C@@H]1CC[C@H]1S(N)(=O)=O. The molecule has 1 rings (SSSR count). The van der Waals surface area contributed by atoms with Crippen molar-refractivity contribution >= 4 is 10.0 Å². The van der Waals surface area contributed by atoms with Crippen LogP contribution in [0.15, 0.2) is 12.7 Å². The highest BCUT2D eigenvalue weighted by Gasteiger charge is 2.37. The molecule has 1 aliphatic carbocycles. The molecule has 0 aromatic rings. The number of primary sulfonamides is 1. The Morgan fingerprint density at radius 1 is 1.55 bits per heavy atom. The van der Waals surface area contributed by atoms with Gasteiger partial charge in [-0.2, -0.15) is 0 Å². The highest BCUT2D eigenvalue weighted by Crippen LogP contribution is 2.34. The summed E-state index contributed by atoms with van der Waals surface area (Å²) < 4.78 is 21.7. The largest absolute Gasteiger partial charge is 0.228 e. The highest BCUT2D eigenvalue weighted by atomic mass is 32.2. The van der Waals surface area contributed by atoms with E-state index < -0.39 is 10.0 Å². The van der Waals surface area contributed by atoms with E-state index in [1.54, 1.807) is 6.08 Å². The molecule has 0 aromatic heterocycles. The van der Waals surface area contributed by atoms with Crippen LogP contribution in [0.4, 0.5) is 0 Å². The lowest BCUT2D eigenvalue weighted by Gasteiger charge is -2.33. The molecule has 1 saturated carbocycles. The molecule has 0 saturated heterocycles. The van der Waals surface area contributed by atoms with Gasteiger partial charge >= 0.3 is 0 Å². The first-order chi connectivity index (χ1) is 5.05. The van der Waals surface area contributed by atoms with E-state index in [1.165, 1.54) is 0 Å². The topological polar surface area (TPSA) is 60.2 Å². The van der Waals surface area contributed by atoms with Crippen LogP contribution in [0.5, 0.6) is 0 Å². The molecule has 0 heterocycles. The van der Waals surface area contributed by atoms with E-state index >= 15 is 0 Å². The standard InChI is InChI=1S/C7H13NO2S/c1-2-3-6-4-5-7(6)11(8,9)10/h2,6-7H,1,3-5H2,(H2,8,9,10)/t6-,7-/m1/s1. The molecule has 64 valence electrons. The van der Waals surface area contributed by atoms with Gasteiger partial charge in [0.25, 0.3) is 0 Å². The van der Waals surface area contributed by atoms with Crippen molar-refractivity contribution in [1.82, 2.24) is 0 Å². The Morgan fingerprint density at radius 3 is 2.45 bits per heavy atom. The molecule has 1 aliphatic rings. The van der Waals surface area contributed by atoms with Gasteiger partial charge in [0, 0.05) is 0 Å². The van der Waals surface area contributed by atoms with Crippen LogP contribution in [0.1, 0.15) is 19.3 Å². The molecular formula is C7H13NO2S. The quantitative estimate of drug-likeness (QED) is 0.639. The van der Waals surface area contributed by atoms with Crippen LogP contribution < -0.4 is 5.14 Å². The summed E-state index contributed by atoms with van der Waals surface area (Å²) in [5, 5.41) is 4.69. The minimum Gasteiger partial charge on any atom is -0.228 e. The number of allylic oxidation sites excluding steroid dienone is 1. The van der Waals surface area contributed by atoms with E-state index in [4.69, 9.17) is 5.14 Å². The van der Waals surface area contributed by atoms with E-state index in [2.05, 4.69) is 6.58 Å². The molecule has 4 heteroatoms. The number of hydrogen-bond donors (Lipinski definition) is 1. The van der Waals surface area contributed by atoms with E-state index in [-0.39, 0.29) is 11.2 Å². The van der Waals surface area contributed by atoms with Gasteiger partial charge in [0.1, 0.15) is 0 Å². The number of rotatable bonds is 3. The summed E-state index contributed by atoms with van der Waals surface area (Å²) in [6.07, 6.45) is 4.20.